The van der Waals surface area contributed by atoms with Gasteiger partial charge in [0.15, 0.2) is 0 Å². The summed E-state index contributed by atoms with van der Waals surface area (Å²) in [4.78, 5) is 24.3. The average Bonchev–Trinajstić information content (AvgIpc) is 2.66. The van der Waals surface area contributed by atoms with E-state index in [1.165, 1.54) is 31.4 Å². The molecule has 0 spiro atoms. The van der Waals surface area contributed by atoms with Crippen molar-refractivity contribution in [2.24, 2.45) is 5.92 Å². The minimum atomic E-state index is -3.73. The molecular weight excluding hydrogens is 344 g/mol. The Balaban J connectivity index is 2.26. The molecule has 0 aromatic heterocycles. The van der Waals surface area contributed by atoms with Gasteiger partial charge in [0.25, 0.3) is 0 Å². The van der Waals surface area contributed by atoms with Gasteiger partial charge in [0.2, 0.25) is 5.78 Å². The van der Waals surface area contributed by atoms with E-state index in [2.05, 4.69) is 5.32 Å². The SMILES string of the molecule is CCOC(=O)NC(C1CCCCC1)C(F)(F)C(=O)c1ccc(OC)cc1. The van der Waals surface area contributed by atoms with Crippen LogP contribution in [0.15, 0.2) is 24.3 Å². The maximum Gasteiger partial charge on any atom is 0.407 e. The molecule has 0 bridgehead atoms. The van der Waals surface area contributed by atoms with Crippen LogP contribution in [0.5, 0.6) is 5.75 Å². The van der Waals surface area contributed by atoms with Crippen molar-refractivity contribution >= 4 is 11.9 Å². The zero-order valence-corrected chi connectivity index (χ0v) is 15.1. The van der Waals surface area contributed by atoms with Crippen molar-refractivity contribution in [2.45, 2.75) is 51.0 Å². The molecule has 0 heterocycles. The molecule has 5 nitrogen and oxygen atoms in total. The Kier molecular flexibility index (Phi) is 6.94. The molecule has 1 aromatic carbocycles. The summed E-state index contributed by atoms with van der Waals surface area (Å²) in [6.45, 7) is 1.66. The molecule has 1 aliphatic rings. The predicted molar refractivity (Wildman–Crippen MR) is 92.8 cm³/mol. The standard InChI is InChI=1S/C19H25F2NO4/c1-3-26-18(24)22-16(13-7-5-4-6-8-13)19(20,21)17(23)14-9-11-15(25-2)12-10-14/h9-13,16H,3-8H2,1-2H3,(H,22,24). The first kappa shape index (κ1) is 20.1. The quantitative estimate of drug-likeness (QED) is 0.732. The van der Waals surface area contributed by atoms with Crippen molar-refractivity contribution in [3.8, 4) is 5.75 Å². The molecule has 7 heteroatoms. The zero-order chi connectivity index (χ0) is 19.2. The van der Waals surface area contributed by atoms with E-state index in [0.717, 1.165) is 19.3 Å². The molecule has 0 saturated heterocycles. The summed E-state index contributed by atoms with van der Waals surface area (Å²) in [6, 6.07) is 3.93. The van der Waals surface area contributed by atoms with E-state index in [1.807, 2.05) is 0 Å². The number of hydrogen-bond donors (Lipinski definition) is 1. The van der Waals surface area contributed by atoms with Gasteiger partial charge in [-0.25, -0.2) is 4.79 Å². The minimum Gasteiger partial charge on any atom is -0.497 e. The van der Waals surface area contributed by atoms with Crippen molar-refractivity contribution in [1.82, 2.24) is 5.32 Å². The molecule has 1 unspecified atom stereocenters. The van der Waals surface area contributed by atoms with Gasteiger partial charge in [0.1, 0.15) is 11.8 Å². The van der Waals surface area contributed by atoms with Crippen LogP contribution in [0.4, 0.5) is 13.6 Å². The highest BCUT2D eigenvalue weighted by Crippen LogP contribution is 2.36. The monoisotopic (exact) mass is 369 g/mol. The molecule has 1 atom stereocenters. The summed E-state index contributed by atoms with van der Waals surface area (Å²) in [7, 11) is 1.45. The lowest BCUT2D eigenvalue weighted by Crippen LogP contribution is -2.56. The number of halogens is 2. The van der Waals surface area contributed by atoms with Crippen molar-refractivity contribution in [1.29, 1.82) is 0 Å². The molecule has 1 fully saturated rings. The number of ketones is 1. The maximum absolute atomic E-state index is 15.1. The highest BCUT2D eigenvalue weighted by Gasteiger charge is 2.51. The normalized spacial score (nSPS) is 16.6. The summed E-state index contributed by atoms with van der Waals surface area (Å²) >= 11 is 0. The molecule has 1 saturated carbocycles. The topological polar surface area (TPSA) is 64.6 Å². The first-order valence-corrected chi connectivity index (χ1v) is 8.90. The number of alkyl halides is 2. The number of methoxy groups -OCH3 is 1. The van der Waals surface area contributed by atoms with Gasteiger partial charge in [-0.1, -0.05) is 19.3 Å². The van der Waals surface area contributed by atoms with Crippen LogP contribution in [0.25, 0.3) is 0 Å². The first-order chi connectivity index (χ1) is 12.4. The van der Waals surface area contributed by atoms with E-state index in [9.17, 15) is 9.59 Å². The smallest absolute Gasteiger partial charge is 0.407 e. The molecule has 2 rings (SSSR count). The summed E-state index contributed by atoms with van der Waals surface area (Å²) in [5.74, 6) is -5.04. The van der Waals surface area contributed by atoms with Crippen molar-refractivity contribution < 1.29 is 27.8 Å². The average molecular weight is 369 g/mol. The highest BCUT2D eigenvalue weighted by atomic mass is 19.3. The van der Waals surface area contributed by atoms with Crippen molar-refractivity contribution in [2.75, 3.05) is 13.7 Å². The fourth-order valence-corrected chi connectivity index (χ4v) is 3.35. The number of carbonyl (C=O) groups excluding carboxylic acids is 2. The lowest BCUT2D eigenvalue weighted by molar-refractivity contribution is -0.0347. The second kappa shape index (κ2) is 8.96. The summed E-state index contributed by atoms with van der Waals surface area (Å²) in [6.07, 6.45) is 2.74. The summed E-state index contributed by atoms with van der Waals surface area (Å²) < 4.78 is 39.9. The van der Waals surface area contributed by atoms with Crippen LogP contribution >= 0.6 is 0 Å². The molecule has 26 heavy (non-hydrogen) atoms. The number of nitrogens with one attached hydrogen (secondary N) is 1. The fourth-order valence-electron chi connectivity index (χ4n) is 3.35. The van der Waals surface area contributed by atoms with Crippen molar-refractivity contribution in [3.63, 3.8) is 0 Å². The zero-order valence-electron chi connectivity index (χ0n) is 15.1. The van der Waals surface area contributed by atoms with Gasteiger partial charge < -0.3 is 14.8 Å². The van der Waals surface area contributed by atoms with Gasteiger partial charge in [-0.2, -0.15) is 8.78 Å². The number of benzene rings is 1. The van der Waals surface area contributed by atoms with Gasteiger partial charge in [-0.05, 0) is 49.9 Å². The number of carbonyl (C=O) groups is 2. The van der Waals surface area contributed by atoms with Gasteiger partial charge in [-0.3, -0.25) is 4.79 Å². The summed E-state index contributed by atoms with van der Waals surface area (Å²) in [5.41, 5.74) is -0.123. The third kappa shape index (κ3) is 4.71. The third-order valence-corrected chi connectivity index (χ3v) is 4.72. The van der Waals surface area contributed by atoms with Crippen LogP contribution < -0.4 is 10.1 Å². The number of ether oxygens (including phenoxy) is 2. The fraction of sp³-hybridized carbons (Fsp3) is 0.579. The van der Waals surface area contributed by atoms with Gasteiger partial charge in [0, 0.05) is 5.56 Å². The van der Waals surface area contributed by atoms with Gasteiger partial charge >= 0.3 is 12.0 Å². The Labute approximate surface area is 152 Å². The maximum atomic E-state index is 15.1. The predicted octanol–water partition coefficient (Wildman–Crippen LogP) is 4.21. The lowest BCUT2D eigenvalue weighted by atomic mass is 9.80. The Morgan fingerprint density at radius 2 is 1.81 bits per heavy atom. The Morgan fingerprint density at radius 3 is 2.35 bits per heavy atom. The second-order valence-corrected chi connectivity index (χ2v) is 6.42. The van der Waals surface area contributed by atoms with Gasteiger partial charge in [-0.15, -0.1) is 0 Å². The molecule has 144 valence electrons. The molecule has 0 aliphatic heterocycles. The minimum absolute atomic E-state index is 0.0707. The number of Topliss-reactive ketones (excluding diaryl/α,β-unsaturated/α-hetero) is 1. The van der Waals surface area contributed by atoms with Crippen LogP contribution in [-0.2, 0) is 4.74 Å². The van der Waals surface area contributed by atoms with E-state index in [4.69, 9.17) is 9.47 Å². The largest absolute Gasteiger partial charge is 0.497 e. The second-order valence-electron chi connectivity index (χ2n) is 6.42. The first-order valence-electron chi connectivity index (χ1n) is 8.90. The number of alkyl carbamates (subject to hydrolysis) is 1. The molecule has 1 aliphatic carbocycles. The lowest BCUT2D eigenvalue weighted by Gasteiger charge is -2.35. The molecule has 1 N–H and O–H groups in total. The van der Waals surface area contributed by atoms with E-state index in [-0.39, 0.29) is 12.2 Å². The molecular formula is C19H25F2NO4. The van der Waals surface area contributed by atoms with Crippen LogP contribution in [0.3, 0.4) is 0 Å². The van der Waals surface area contributed by atoms with Crippen LogP contribution in [-0.4, -0.2) is 37.6 Å². The van der Waals surface area contributed by atoms with E-state index in [0.29, 0.717) is 18.6 Å². The van der Waals surface area contributed by atoms with E-state index >= 15 is 8.78 Å². The Bertz CT molecular complexity index is 612. The number of rotatable bonds is 7. The van der Waals surface area contributed by atoms with Crippen LogP contribution in [0, 0.1) is 5.92 Å². The number of amides is 1. The van der Waals surface area contributed by atoms with E-state index in [1.54, 1.807) is 6.92 Å². The summed E-state index contributed by atoms with van der Waals surface area (Å²) in [5, 5.41) is 2.24. The Hall–Kier alpha value is -2.18. The molecule has 1 aromatic rings. The molecule has 1 amide bonds. The third-order valence-electron chi connectivity index (χ3n) is 4.72. The van der Waals surface area contributed by atoms with Crippen LogP contribution in [0.2, 0.25) is 0 Å². The Morgan fingerprint density at radius 1 is 1.19 bits per heavy atom. The highest BCUT2D eigenvalue weighted by molar-refractivity contribution is 6.02. The molecule has 0 radical (unpaired) electrons. The number of hydrogen-bond acceptors (Lipinski definition) is 4. The van der Waals surface area contributed by atoms with Crippen LogP contribution in [0.1, 0.15) is 49.4 Å². The van der Waals surface area contributed by atoms with E-state index < -0.39 is 29.8 Å². The van der Waals surface area contributed by atoms with Crippen molar-refractivity contribution in [3.05, 3.63) is 29.8 Å². The van der Waals surface area contributed by atoms with Gasteiger partial charge in [0.05, 0.1) is 13.7 Å².